The predicted molar refractivity (Wildman–Crippen MR) is 150 cm³/mol. The van der Waals surface area contributed by atoms with Gasteiger partial charge in [-0.05, 0) is 61.7 Å². The number of carbonyl (C=O) groups excluding carboxylic acids is 1. The van der Waals surface area contributed by atoms with Crippen LogP contribution in [-0.4, -0.2) is 79.3 Å². The van der Waals surface area contributed by atoms with Crippen LogP contribution in [0, 0.1) is 0 Å². The molecule has 1 aromatic heterocycles. The number of likely N-dealkylation sites (tertiary alicyclic amines) is 1. The van der Waals surface area contributed by atoms with Crippen molar-refractivity contribution in [2.75, 3.05) is 35.9 Å². The number of aromatic nitrogens is 1. The van der Waals surface area contributed by atoms with Crippen LogP contribution in [0.1, 0.15) is 42.1 Å². The predicted octanol–water partition coefficient (Wildman–Crippen LogP) is 3.98. The summed E-state index contributed by atoms with van der Waals surface area (Å²) in [6, 6.07) is 7.96. The summed E-state index contributed by atoms with van der Waals surface area (Å²) in [5, 5.41) is 3.01. The van der Waals surface area contributed by atoms with Crippen molar-refractivity contribution in [3.63, 3.8) is 0 Å². The lowest BCUT2D eigenvalue weighted by Crippen LogP contribution is -2.50. The fourth-order valence-corrected chi connectivity index (χ4v) is 5.83. The van der Waals surface area contributed by atoms with Gasteiger partial charge in [0, 0.05) is 61.8 Å². The van der Waals surface area contributed by atoms with E-state index in [0.717, 1.165) is 49.0 Å². The summed E-state index contributed by atoms with van der Waals surface area (Å²) in [4.78, 5) is 30.4. The molecular weight excluding hydrogens is 559 g/mol. The van der Waals surface area contributed by atoms with Gasteiger partial charge in [0.05, 0.1) is 17.5 Å². The quantitative estimate of drug-likeness (QED) is 0.545. The molecule has 1 saturated heterocycles. The molecule has 0 radical (unpaired) electrons. The second kappa shape index (κ2) is 11.2. The first-order chi connectivity index (χ1) is 19.4. The average Bonchev–Trinajstić information content (AvgIpc) is 3.20. The van der Waals surface area contributed by atoms with Gasteiger partial charge in [0.15, 0.2) is 0 Å². The van der Waals surface area contributed by atoms with Gasteiger partial charge in [-0.15, -0.1) is 0 Å². The highest BCUT2D eigenvalue weighted by Crippen LogP contribution is 2.32. The van der Waals surface area contributed by atoms with Gasteiger partial charge in [0.25, 0.3) is 5.91 Å². The van der Waals surface area contributed by atoms with Crippen molar-refractivity contribution in [1.29, 1.82) is 0 Å². The van der Waals surface area contributed by atoms with Crippen LogP contribution in [0.15, 0.2) is 63.8 Å². The molecule has 10 nitrogen and oxygen atoms in total. The van der Waals surface area contributed by atoms with Crippen molar-refractivity contribution >= 4 is 39.6 Å². The first-order valence-electron chi connectivity index (χ1n) is 13.1. The summed E-state index contributed by atoms with van der Waals surface area (Å²) in [5.41, 5.74) is 2.15. The monoisotopic (exact) mass is 589 g/mol. The molecule has 2 atom stereocenters. The number of nitrogens with zero attached hydrogens (tertiary/aromatic N) is 5. The van der Waals surface area contributed by atoms with Crippen molar-refractivity contribution in [3.05, 3.63) is 65.0 Å². The van der Waals surface area contributed by atoms with Gasteiger partial charge in [-0.2, -0.15) is 13.2 Å². The second-order valence-electron chi connectivity index (χ2n) is 10.4. The number of rotatable bonds is 5. The van der Waals surface area contributed by atoms with Crippen LogP contribution in [0.4, 0.5) is 24.7 Å². The van der Waals surface area contributed by atoms with E-state index in [1.165, 1.54) is 24.4 Å². The van der Waals surface area contributed by atoms with Crippen molar-refractivity contribution in [1.82, 2.24) is 14.8 Å². The van der Waals surface area contributed by atoms with E-state index < -0.39 is 21.8 Å². The maximum atomic E-state index is 13.3. The molecule has 5 rings (SSSR count). The zero-order valence-corrected chi connectivity index (χ0v) is 23.3. The zero-order chi connectivity index (χ0) is 29.4. The Kier molecular flexibility index (Phi) is 7.88. The summed E-state index contributed by atoms with van der Waals surface area (Å²) >= 11 is 0. The van der Waals surface area contributed by atoms with Crippen molar-refractivity contribution in [2.24, 2.45) is 9.98 Å². The molecule has 3 aliphatic heterocycles. The number of piperidine rings is 1. The average molecular weight is 590 g/mol. The van der Waals surface area contributed by atoms with E-state index in [1.807, 2.05) is 6.92 Å². The number of aliphatic imine (C=N–C) groups is 2. The first kappa shape index (κ1) is 28.7. The second-order valence-corrected chi connectivity index (χ2v) is 12.2. The molecule has 0 aliphatic carbocycles. The van der Waals surface area contributed by atoms with Crippen LogP contribution < -0.4 is 10.0 Å². The molecule has 1 fully saturated rings. The van der Waals surface area contributed by atoms with Crippen molar-refractivity contribution < 1.29 is 26.4 Å². The Morgan fingerprint density at radius 1 is 1.12 bits per heavy atom. The van der Waals surface area contributed by atoms with Gasteiger partial charge in [-0.1, -0.05) is 0 Å². The number of benzene rings is 1. The number of carbonyl (C=O) groups is 1. The Balaban J connectivity index is 1.20. The number of sulfonamides is 1. The largest absolute Gasteiger partial charge is 0.416 e. The highest BCUT2D eigenvalue weighted by Gasteiger charge is 2.35. The lowest BCUT2D eigenvalue weighted by molar-refractivity contribution is -0.137. The van der Waals surface area contributed by atoms with Crippen LogP contribution in [0.5, 0.6) is 0 Å². The Bertz CT molecular complexity index is 1520. The van der Waals surface area contributed by atoms with Gasteiger partial charge < -0.3 is 10.2 Å². The topological polar surface area (TPSA) is 119 Å². The van der Waals surface area contributed by atoms with Gasteiger partial charge in [0.1, 0.15) is 5.82 Å². The molecule has 0 bridgehead atoms. The normalized spacial score (nSPS) is 21.8. The van der Waals surface area contributed by atoms with Gasteiger partial charge in [0.2, 0.25) is 16.0 Å². The minimum atomic E-state index is -4.40. The number of amides is 1. The molecule has 2 N–H and O–H groups in total. The molecule has 14 heteroatoms. The fraction of sp³-hybridized carbons (Fsp3) is 0.407. The third-order valence-corrected chi connectivity index (χ3v) is 7.92. The molecule has 41 heavy (non-hydrogen) atoms. The number of anilines is 2. The van der Waals surface area contributed by atoms with Crippen LogP contribution >= 0.6 is 0 Å². The molecule has 0 saturated carbocycles. The summed E-state index contributed by atoms with van der Waals surface area (Å²) in [6.07, 6.45) is 1.96. The third-order valence-electron chi connectivity index (χ3n) is 7.34. The summed E-state index contributed by atoms with van der Waals surface area (Å²) < 4.78 is 64.0. The molecule has 1 amide bonds. The van der Waals surface area contributed by atoms with E-state index in [4.69, 9.17) is 0 Å². The summed E-state index contributed by atoms with van der Waals surface area (Å²) in [7, 11) is -3.51. The van der Waals surface area contributed by atoms with Crippen LogP contribution in [0.25, 0.3) is 0 Å². The van der Waals surface area contributed by atoms with E-state index >= 15 is 0 Å². The molecule has 2 aromatic rings. The molecule has 4 heterocycles. The number of hydrogen-bond acceptors (Lipinski definition) is 8. The van der Waals surface area contributed by atoms with Crippen molar-refractivity contribution in [2.45, 2.75) is 44.4 Å². The smallest absolute Gasteiger partial charge is 0.336 e. The lowest BCUT2D eigenvalue weighted by atomic mass is 9.96. The van der Waals surface area contributed by atoms with Crippen LogP contribution in [0.2, 0.25) is 0 Å². The van der Waals surface area contributed by atoms with Gasteiger partial charge in [-0.3, -0.25) is 14.4 Å². The number of halogens is 3. The van der Waals surface area contributed by atoms with Gasteiger partial charge in [-0.25, -0.2) is 23.4 Å². The number of hydrogen-bond donors (Lipinski definition) is 2. The van der Waals surface area contributed by atoms with E-state index in [-0.39, 0.29) is 23.8 Å². The lowest BCUT2D eigenvalue weighted by Gasteiger charge is -2.41. The van der Waals surface area contributed by atoms with Crippen molar-refractivity contribution in [3.8, 4) is 0 Å². The number of alkyl halides is 3. The molecule has 0 spiro atoms. The van der Waals surface area contributed by atoms with Crippen LogP contribution in [-0.2, 0) is 16.2 Å². The highest BCUT2D eigenvalue weighted by atomic mass is 32.2. The maximum absolute atomic E-state index is 13.3. The summed E-state index contributed by atoms with van der Waals surface area (Å²) in [6.45, 7) is 3.91. The number of nitrogens with one attached hydrogen (secondary N) is 2. The zero-order valence-electron chi connectivity index (χ0n) is 22.5. The Labute approximate surface area is 236 Å². The Morgan fingerprint density at radius 2 is 1.88 bits per heavy atom. The molecule has 0 unspecified atom stereocenters. The number of guanidine groups is 1. The highest BCUT2D eigenvalue weighted by molar-refractivity contribution is 7.92. The maximum Gasteiger partial charge on any atom is 0.416 e. The van der Waals surface area contributed by atoms with E-state index in [9.17, 15) is 26.4 Å². The minimum Gasteiger partial charge on any atom is -0.336 e. The molecular formula is C27H30F3N7O3S. The fourth-order valence-electron chi connectivity index (χ4n) is 5.34. The first-order valence-corrected chi connectivity index (χ1v) is 15.0. The Morgan fingerprint density at radius 3 is 2.56 bits per heavy atom. The Hall–Kier alpha value is -3.78. The third kappa shape index (κ3) is 6.93. The molecule has 1 aromatic carbocycles. The molecule has 3 aliphatic rings. The SMILES string of the molecule is C[C@@H]1C[C@@H](N2CC3=C(C2)N=C(Nc2ccc(C(F)(F)F)cc2)N=CC3)CCN1C(=O)c1ccnc(NS(C)(=O)=O)c1. The standard InChI is InChI=1S/C27H30F3N7O3S/c1-17-13-22(9-12-37(17)25(38)18-7-10-31-24(14-18)35-41(2,39)40)36-15-19-8-11-32-26(34-23(19)16-36)33-21-5-3-20(4-6-21)27(28,29)30/h3-7,10-11,14,17,22H,8-9,12-13,15-16H2,1-2H3,(H,31,35)(H,33,34)/t17-,22+/m1/s1. The molecule has 218 valence electrons. The van der Waals surface area contributed by atoms with Crippen LogP contribution in [0.3, 0.4) is 0 Å². The summed E-state index contributed by atoms with van der Waals surface area (Å²) in [5.74, 6) is 0.249. The van der Waals surface area contributed by atoms with Gasteiger partial charge >= 0.3 is 6.18 Å². The van der Waals surface area contributed by atoms with E-state index in [2.05, 4.69) is 29.9 Å². The van der Waals surface area contributed by atoms with E-state index in [1.54, 1.807) is 17.2 Å². The minimum absolute atomic E-state index is 0.0388. The number of pyridine rings is 1. The van der Waals surface area contributed by atoms with E-state index in [0.29, 0.717) is 36.7 Å².